The van der Waals surface area contributed by atoms with E-state index in [9.17, 15) is 27.9 Å². The number of nitrogens with zero attached hydrogens (tertiary/aromatic N) is 1. The molecule has 0 bridgehead atoms. The van der Waals surface area contributed by atoms with Gasteiger partial charge in [0.25, 0.3) is 0 Å². The van der Waals surface area contributed by atoms with Gasteiger partial charge in [-0.05, 0) is 80.1 Å². The number of aryl methyl sites for hydroxylation is 1. The fourth-order valence-corrected chi connectivity index (χ4v) is 4.90. The minimum absolute atomic E-state index is 0.0426. The number of benzene rings is 3. The molecule has 0 aliphatic rings. The number of hydrogen-bond donors (Lipinski definition) is 2. The highest BCUT2D eigenvalue weighted by molar-refractivity contribution is 5.95. The second-order valence-electron chi connectivity index (χ2n) is 10.0. The highest BCUT2D eigenvalue weighted by atomic mass is 19.2. The molecule has 0 aliphatic carbocycles. The predicted octanol–water partition coefficient (Wildman–Crippen LogP) is 7.27. The zero-order chi connectivity index (χ0) is 30.9. The maximum atomic E-state index is 14.7. The Labute approximate surface area is 246 Å². The van der Waals surface area contributed by atoms with E-state index in [2.05, 4.69) is 0 Å². The van der Waals surface area contributed by atoms with Crippen molar-refractivity contribution in [2.75, 3.05) is 13.2 Å². The molecule has 0 saturated carbocycles. The van der Waals surface area contributed by atoms with E-state index in [0.29, 0.717) is 60.2 Å². The molecule has 0 unspecified atom stereocenters. The van der Waals surface area contributed by atoms with Crippen LogP contribution in [0.3, 0.4) is 0 Å². The second-order valence-corrected chi connectivity index (χ2v) is 10.0. The van der Waals surface area contributed by atoms with Crippen LogP contribution in [0.1, 0.15) is 48.1 Å². The predicted molar refractivity (Wildman–Crippen MR) is 157 cm³/mol. The molecule has 7 nitrogen and oxygen atoms in total. The van der Waals surface area contributed by atoms with Crippen LogP contribution < -0.4 is 9.47 Å². The Morgan fingerprint density at radius 2 is 1.60 bits per heavy atom. The average Bonchev–Trinajstić information content (AvgIpc) is 3.21. The first-order valence-corrected chi connectivity index (χ1v) is 13.9. The summed E-state index contributed by atoms with van der Waals surface area (Å²) in [5.41, 5.74) is 3.29. The Hall–Kier alpha value is -4.73. The summed E-state index contributed by atoms with van der Waals surface area (Å²) >= 11 is 0. The molecular weight excluding hydrogens is 563 g/mol. The van der Waals surface area contributed by atoms with Crippen LogP contribution in [0.2, 0.25) is 0 Å². The fourth-order valence-electron chi connectivity index (χ4n) is 4.90. The molecule has 226 valence electrons. The lowest BCUT2D eigenvalue weighted by molar-refractivity contribution is -0.138. The standard InChI is InChI=1S/C33H32F3NO6/c1-21-26(6-4-9-30(38)39)27-19-24(34)18-23(33(27)37(21)20-31(40)41)13-10-22-11-14-25(15-12-22)42-16-2-3-17-43-29-8-5-7-28(35)32(29)36/h5,7-8,10-15,18-19H,2-4,6,9,16-17,20H2,1H3,(H,38,39)(H,40,41)/b13-10+. The summed E-state index contributed by atoms with van der Waals surface area (Å²) in [5, 5.41) is 19.1. The molecule has 1 heterocycles. The first-order valence-electron chi connectivity index (χ1n) is 13.9. The number of carbonyl (C=O) groups is 2. The minimum atomic E-state index is -1.04. The first-order chi connectivity index (χ1) is 20.6. The van der Waals surface area contributed by atoms with Gasteiger partial charge in [-0.15, -0.1) is 0 Å². The summed E-state index contributed by atoms with van der Waals surface area (Å²) in [6.45, 7) is 2.08. The fraction of sp³-hybridized carbons (Fsp3) is 0.273. The second kappa shape index (κ2) is 14.4. The smallest absolute Gasteiger partial charge is 0.323 e. The van der Waals surface area contributed by atoms with E-state index in [1.54, 1.807) is 35.8 Å². The summed E-state index contributed by atoms with van der Waals surface area (Å²) < 4.78 is 54.2. The van der Waals surface area contributed by atoms with Crippen molar-refractivity contribution >= 4 is 35.0 Å². The highest BCUT2D eigenvalue weighted by Gasteiger charge is 2.19. The van der Waals surface area contributed by atoms with E-state index in [1.165, 1.54) is 24.3 Å². The quantitative estimate of drug-likeness (QED) is 0.111. The number of ether oxygens (including phenoxy) is 2. The number of aliphatic carboxylic acids is 2. The lowest BCUT2D eigenvalue weighted by atomic mass is 10.0. The van der Waals surface area contributed by atoms with E-state index >= 15 is 0 Å². The van der Waals surface area contributed by atoms with E-state index in [4.69, 9.17) is 14.6 Å². The molecule has 0 amide bonds. The van der Waals surface area contributed by atoms with Crippen LogP contribution in [0.25, 0.3) is 23.1 Å². The Morgan fingerprint density at radius 3 is 2.30 bits per heavy atom. The van der Waals surface area contributed by atoms with Gasteiger partial charge in [0.2, 0.25) is 5.82 Å². The summed E-state index contributed by atoms with van der Waals surface area (Å²) in [7, 11) is 0. The third-order valence-electron chi connectivity index (χ3n) is 6.97. The Bertz CT molecular complexity index is 1630. The summed E-state index contributed by atoms with van der Waals surface area (Å²) in [5.74, 6) is -3.89. The molecule has 4 aromatic rings. The molecule has 4 rings (SSSR count). The molecule has 0 atom stereocenters. The number of carboxylic acids is 2. The SMILES string of the molecule is Cc1c(CCCC(=O)O)c2cc(F)cc(/C=C/c3ccc(OCCCCOc4cccc(F)c4F)cc3)c2n1CC(=O)O. The van der Waals surface area contributed by atoms with E-state index in [-0.39, 0.29) is 25.3 Å². The number of rotatable bonds is 15. The van der Waals surface area contributed by atoms with Gasteiger partial charge >= 0.3 is 11.9 Å². The van der Waals surface area contributed by atoms with Gasteiger partial charge in [0.1, 0.15) is 18.1 Å². The summed E-state index contributed by atoms with van der Waals surface area (Å²) in [6.07, 6.45) is 5.43. The average molecular weight is 596 g/mol. The highest BCUT2D eigenvalue weighted by Crippen LogP contribution is 2.32. The number of unbranched alkanes of at least 4 members (excludes halogenated alkanes) is 1. The van der Waals surface area contributed by atoms with Crippen molar-refractivity contribution in [1.82, 2.24) is 4.57 Å². The van der Waals surface area contributed by atoms with Crippen molar-refractivity contribution in [2.45, 2.75) is 45.6 Å². The van der Waals surface area contributed by atoms with Gasteiger partial charge < -0.3 is 24.3 Å². The van der Waals surface area contributed by atoms with Crippen molar-refractivity contribution in [1.29, 1.82) is 0 Å². The van der Waals surface area contributed by atoms with Crippen LogP contribution in [0.5, 0.6) is 11.5 Å². The Morgan fingerprint density at radius 1 is 0.884 bits per heavy atom. The van der Waals surface area contributed by atoms with E-state index in [0.717, 1.165) is 17.2 Å². The van der Waals surface area contributed by atoms with Gasteiger partial charge in [-0.2, -0.15) is 4.39 Å². The van der Waals surface area contributed by atoms with Crippen molar-refractivity contribution in [3.8, 4) is 11.5 Å². The lowest BCUT2D eigenvalue weighted by Gasteiger charge is -2.09. The van der Waals surface area contributed by atoms with Crippen molar-refractivity contribution in [3.63, 3.8) is 0 Å². The van der Waals surface area contributed by atoms with Crippen LogP contribution in [0.15, 0.2) is 54.6 Å². The van der Waals surface area contributed by atoms with Crippen molar-refractivity contribution < 1.29 is 42.4 Å². The van der Waals surface area contributed by atoms with E-state index < -0.39 is 29.4 Å². The molecule has 0 aliphatic heterocycles. The molecule has 0 saturated heterocycles. The topological polar surface area (TPSA) is 98.0 Å². The molecule has 0 radical (unpaired) electrons. The normalized spacial score (nSPS) is 11.3. The van der Waals surface area contributed by atoms with Gasteiger partial charge in [-0.25, -0.2) is 8.78 Å². The lowest BCUT2D eigenvalue weighted by Crippen LogP contribution is -2.10. The maximum absolute atomic E-state index is 14.7. The zero-order valence-corrected chi connectivity index (χ0v) is 23.6. The molecule has 3 aromatic carbocycles. The summed E-state index contributed by atoms with van der Waals surface area (Å²) in [6, 6.07) is 13.7. The number of halogens is 3. The van der Waals surface area contributed by atoms with Crippen LogP contribution in [0, 0.1) is 24.4 Å². The number of carboxylic acid groups (broad SMARTS) is 2. The van der Waals surface area contributed by atoms with Crippen molar-refractivity contribution in [3.05, 3.63) is 94.4 Å². The molecule has 1 aromatic heterocycles. The molecular formula is C33H32F3NO6. The number of aromatic nitrogens is 1. The van der Waals surface area contributed by atoms with Gasteiger partial charge in [0, 0.05) is 23.1 Å². The summed E-state index contributed by atoms with van der Waals surface area (Å²) in [4.78, 5) is 22.6. The Balaban J connectivity index is 1.41. The Kier molecular flexibility index (Phi) is 10.5. The van der Waals surface area contributed by atoms with Gasteiger partial charge in [-0.3, -0.25) is 9.59 Å². The zero-order valence-electron chi connectivity index (χ0n) is 23.6. The molecule has 10 heteroatoms. The monoisotopic (exact) mass is 595 g/mol. The van der Waals surface area contributed by atoms with Gasteiger partial charge in [-0.1, -0.05) is 30.4 Å². The molecule has 0 spiro atoms. The molecule has 0 fully saturated rings. The van der Waals surface area contributed by atoms with Gasteiger partial charge in [0.15, 0.2) is 11.6 Å². The third-order valence-corrected chi connectivity index (χ3v) is 6.97. The largest absolute Gasteiger partial charge is 0.494 e. The van der Waals surface area contributed by atoms with Crippen LogP contribution in [0.4, 0.5) is 13.2 Å². The van der Waals surface area contributed by atoms with Crippen LogP contribution in [-0.2, 0) is 22.6 Å². The number of fused-ring (bicyclic) bond motifs is 1. The minimum Gasteiger partial charge on any atom is -0.494 e. The third kappa shape index (κ3) is 8.18. The number of hydrogen-bond acceptors (Lipinski definition) is 4. The molecule has 2 N–H and O–H groups in total. The van der Waals surface area contributed by atoms with E-state index in [1.807, 2.05) is 12.1 Å². The van der Waals surface area contributed by atoms with Gasteiger partial charge in [0.05, 0.1) is 18.7 Å². The van der Waals surface area contributed by atoms with Crippen LogP contribution in [-0.4, -0.2) is 39.9 Å². The van der Waals surface area contributed by atoms with Crippen LogP contribution >= 0.6 is 0 Å². The van der Waals surface area contributed by atoms with Crippen molar-refractivity contribution in [2.24, 2.45) is 0 Å². The first kappa shape index (κ1) is 31.2. The molecule has 43 heavy (non-hydrogen) atoms. The maximum Gasteiger partial charge on any atom is 0.323 e.